The predicted molar refractivity (Wildman–Crippen MR) is 57.9 cm³/mol. The summed E-state index contributed by atoms with van der Waals surface area (Å²) in [5.41, 5.74) is 0. The molecular formula is C11H14O2S. The first-order chi connectivity index (χ1) is 6.59. The molecular weight excluding hydrogens is 196 g/mol. The molecule has 0 saturated carbocycles. The topological polar surface area (TPSA) is 34.1 Å². The number of rotatable bonds is 3. The summed E-state index contributed by atoms with van der Waals surface area (Å²) in [6.07, 6.45) is 3.44. The SMILES string of the molecule is C/C=C/C(C)S(=O)(=O)c1ccccc1. The van der Waals surface area contributed by atoms with E-state index in [4.69, 9.17) is 0 Å². The molecule has 14 heavy (non-hydrogen) atoms. The van der Waals surface area contributed by atoms with Crippen LogP contribution in [0.15, 0.2) is 47.4 Å². The number of hydrogen-bond donors (Lipinski definition) is 0. The Kier molecular flexibility index (Phi) is 3.47. The molecule has 0 heterocycles. The number of sulfone groups is 1. The monoisotopic (exact) mass is 210 g/mol. The maximum atomic E-state index is 11.9. The Morgan fingerprint density at radius 1 is 1.21 bits per heavy atom. The second-order valence-electron chi connectivity index (χ2n) is 3.09. The summed E-state index contributed by atoms with van der Waals surface area (Å²) in [6, 6.07) is 8.51. The Balaban J connectivity index is 3.09. The molecule has 0 bridgehead atoms. The van der Waals surface area contributed by atoms with E-state index in [-0.39, 0.29) is 0 Å². The van der Waals surface area contributed by atoms with Crippen molar-refractivity contribution >= 4 is 9.84 Å². The Labute approximate surface area is 85.2 Å². The molecule has 0 saturated heterocycles. The van der Waals surface area contributed by atoms with Crippen molar-refractivity contribution in [2.75, 3.05) is 0 Å². The normalized spacial score (nSPS) is 14.4. The molecule has 76 valence electrons. The Morgan fingerprint density at radius 3 is 2.29 bits per heavy atom. The Morgan fingerprint density at radius 2 is 1.79 bits per heavy atom. The lowest BCUT2D eigenvalue weighted by Crippen LogP contribution is -2.15. The minimum Gasteiger partial charge on any atom is -0.223 e. The van der Waals surface area contributed by atoms with Gasteiger partial charge in [0.25, 0.3) is 0 Å². The van der Waals surface area contributed by atoms with E-state index < -0.39 is 15.1 Å². The van der Waals surface area contributed by atoms with Gasteiger partial charge in [-0.1, -0.05) is 30.4 Å². The molecule has 0 spiro atoms. The van der Waals surface area contributed by atoms with Crippen LogP contribution in [0.2, 0.25) is 0 Å². The van der Waals surface area contributed by atoms with E-state index in [0.29, 0.717) is 4.90 Å². The van der Waals surface area contributed by atoms with Crippen LogP contribution in [0.5, 0.6) is 0 Å². The average Bonchev–Trinajstić information content (AvgIpc) is 2.19. The predicted octanol–water partition coefficient (Wildman–Crippen LogP) is 2.42. The molecule has 3 heteroatoms. The summed E-state index contributed by atoms with van der Waals surface area (Å²) < 4.78 is 23.7. The summed E-state index contributed by atoms with van der Waals surface area (Å²) in [5, 5.41) is -0.463. The third-order valence-electron chi connectivity index (χ3n) is 2.02. The van der Waals surface area contributed by atoms with Crippen molar-refractivity contribution in [3.05, 3.63) is 42.5 Å². The number of allylic oxidation sites excluding steroid dienone is 1. The van der Waals surface area contributed by atoms with E-state index in [1.165, 1.54) is 0 Å². The van der Waals surface area contributed by atoms with Crippen LogP contribution >= 0.6 is 0 Å². The van der Waals surface area contributed by atoms with Crippen LogP contribution < -0.4 is 0 Å². The molecule has 1 aromatic carbocycles. The van der Waals surface area contributed by atoms with Crippen LogP contribution in [0, 0.1) is 0 Å². The molecule has 0 aliphatic carbocycles. The standard InChI is InChI=1S/C11H14O2S/c1-3-7-10(2)14(12,13)11-8-5-4-6-9-11/h3-10H,1-2H3/b7-3+. The lowest BCUT2D eigenvalue weighted by Gasteiger charge is -2.07. The second kappa shape index (κ2) is 4.42. The molecule has 1 rings (SSSR count). The van der Waals surface area contributed by atoms with Gasteiger partial charge in [0.15, 0.2) is 9.84 Å². The van der Waals surface area contributed by atoms with E-state index in [2.05, 4.69) is 0 Å². The van der Waals surface area contributed by atoms with Gasteiger partial charge in [0.05, 0.1) is 10.1 Å². The minimum absolute atomic E-state index is 0.380. The maximum Gasteiger partial charge on any atom is 0.184 e. The van der Waals surface area contributed by atoms with E-state index in [0.717, 1.165) is 0 Å². The van der Waals surface area contributed by atoms with Crippen LogP contribution in [0.4, 0.5) is 0 Å². The third kappa shape index (κ3) is 2.23. The second-order valence-corrected chi connectivity index (χ2v) is 5.39. The highest BCUT2D eigenvalue weighted by Crippen LogP contribution is 2.15. The smallest absolute Gasteiger partial charge is 0.184 e. The van der Waals surface area contributed by atoms with Crippen molar-refractivity contribution < 1.29 is 8.42 Å². The molecule has 1 atom stereocenters. The average molecular weight is 210 g/mol. The van der Waals surface area contributed by atoms with Crippen molar-refractivity contribution in [2.24, 2.45) is 0 Å². The van der Waals surface area contributed by atoms with E-state index in [1.54, 1.807) is 49.4 Å². The summed E-state index contributed by atoms with van der Waals surface area (Å²) in [7, 11) is -3.19. The fourth-order valence-corrected chi connectivity index (χ4v) is 2.53. The van der Waals surface area contributed by atoms with Gasteiger partial charge in [0, 0.05) is 0 Å². The summed E-state index contributed by atoms with van der Waals surface area (Å²) in [5.74, 6) is 0. The van der Waals surface area contributed by atoms with Crippen molar-refractivity contribution in [2.45, 2.75) is 24.0 Å². The molecule has 0 aromatic heterocycles. The zero-order valence-electron chi connectivity index (χ0n) is 8.34. The first kappa shape index (κ1) is 11.0. The highest BCUT2D eigenvalue weighted by atomic mass is 32.2. The fraction of sp³-hybridized carbons (Fsp3) is 0.273. The van der Waals surface area contributed by atoms with Crippen LogP contribution in [0.3, 0.4) is 0 Å². The zero-order valence-corrected chi connectivity index (χ0v) is 9.16. The summed E-state index contributed by atoms with van der Waals surface area (Å²) in [6.45, 7) is 3.50. The van der Waals surface area contributed by atoms with Crippen molar-refractivity contribution in [1.29, 1.82) is 0 Å². The third-order valence-corrected chi connectivity index (χ3v) is 4.09. The first-order valence-electron chi connectivity index (χ1n) is 4.51. The van der Waals surface area contributed by atoms with Gasteiger partial charge in [-0.05, 0) is 26.0 Å². The molecule has 0 radical (unpaired) electrons. The van der Waals surface area contributed by atoms with Gasteiger partial charge in [-0.3, -0.25) is 0 Å². The molecule has 0 aliphatic rings. The van der Waals surface area contributed by atoms with Gasteiger partial charge >= 0.3 is 0 Å². The van der Waals surface area contributed by atoms with Crippen LogP contribution in [0.25, 0.3) is 0 Å². The van der Waals surface area contributed by atoms with E-state index >= 15 is 0 Å². The largest absolute Gasteiger partial charge is 0.223 e. The zero-order chi connectivity index (χ0) is 10.6. The Hall–Kier alpha value is -1.09. The number of hydrogen-bond acceptors (Lipinski definition) is 2. The van der Waals surface area contributed by atoms with Gasteiger partial charge in [-0.25, -0.2) is 8.42 Å². The van der Waals surface area contributed by atoms with Gasteiger partial charge in [-0.15, -0.1) is 0 Å². The summed E-state index contributed by atoms with van der Waals surface area (Å²) >= 11 is 0. The molecule has 0 aliphatic heterocycles. The van der Waals surface area contributed by atoms with Gasteiger partial charge < -0.3 is 0 Å². The van der Waals surface area contributed by atoms with Gasteiger partial charge in [-0.2, -0.15) is 0 Å². The highest BCUT2D eigenvalue weighted by Gasteiger charge is 2.19. The van der Waals surface area contributed by atoms with Crippen molar-refractivity contribution in [3.8, 4) is 0 Å². The first-order valence-corrected chi connectivity index (χ1v) is 6.05. The molecule has 0 amide bonds. The van der Waals surface area contributed by atoms with Crippen molar-refractivity contribution in [3.63, 3.8) is 0 Å². The molecule has 2 nitrogen and oxygen atoms in total. The van der Waals surface area contributed by atoms with Gasteiger partial charge in [0.2, 0.25) is 0 Å². The van der Waals surface area contributed by atoms with E-state index in [1.807, 2.05) is 6.92 Å². The van der Waals surface area contributed by atoms with Crippen LogP contribution in [0.1, 0.15) is 13.8 Å². The lowest BCUT2D eigenvalue weighted by molar-refractivity contribution is 0.591. The molecule has 0 N–H and O–H groups in total. The van der Waals surface area contributed by atoms with E-state index in [9.17, 15) is 8.42 Å². The van der Waals surface area contributed by atoms with Crippen LogP contribution in [-0.2, 0) is 9.84 Å². The fourth-order valence-electron chi connectivity index (χ4n) is 1.20. The van der Waals surface area contributed by atoms with Crippen molar-refractivity contribution in [1.82, 2.24) is 0 Å². The van der Waals surface area contributed by atoms with Gasteiger partial charge in [0.1, 0.15) is 0 Å². The lowest BCUT2D eigenvalue weighted by atomic mass is 10.4. The minimum atomic E-state index is -3.19. The molecule has 1 aromatic rings. The highest BCUT2D eigenvalue weighted by molar-refractivity contribution is 7.92. The van der Waals surface area contributed by atoms with Crippen LogP contribution in [-0.4, -0.2) is 13.7 Å². The quantitative estimate of drug-likeness (QED) is 0.718. The number of benzene rings is 1. The molecule has 1 unspecified atom stereocenters. The Bertz CT molecular complexity index is 404. The maximum absolute atomic E-state index is 11.9. The summed E-state index contributed by atoms with van der Waals surface area (Å²) in [4.78, 5) is 0.380. The molecule has 0 fully saturated rings.